The average Bonchev–Trinajstić information content (AvgIpc) is 3.41. The molecule has 0 unspecified atom stereocenters. The highest BCUT2D eigenvalue weighted by Crippen LogP contribution is 2.14. The van der Waals surface area contributed by atoms with Crippen LogP contribution in [0, 0.1) is 0 Å². The van der Waals surface area contributed by atoms with Crippen molar-refractivity contribution in [2.45, 2.75) is 271 Å². The van der Waals surface area contributed by atoms with E-state index in [0.29, 0.717) is 19.3 Å². The number of unbranched alkanes of at least 4 members (excludes halogenated alkanes) is 21. The summed E-state index contributed by atoms with van der Waals surface area (Å²) < 4.78 is 16.8. The lowest BCUT2D eigenvalue weighted by Gasteiger charge is -2.18. The van der Waals surface area contributed by atoms with Gasteiger partial charge in [-0.25, -0.2) is 0 Å². The van der Waals surface area contributed by atoms with Crippen molar-refractivity contribution < 1.29 is 28.6 Å². The van der Waals surface area contributed by atoms with Crippen molar-refractivity contribution in [2.75, 3.05) is 13.2 Å². The van der Waals surface area contributed by atoms with Gasteiger partial charge < -0.3 is 14.2 Å². The van der Waals surface area contributed by atoms with Crippen LogP contribution >= 0.6 is 0 Å². The minimum absolute atomic E-state index is 0.127. The topological polar surface area (TPSA) is 78.9 Å². The van der Waals surface area contributed by atoms with E-state index in [9.17, 15) is 14.4 Å². The van der Waals surface area contributed by atoms with Crippen molar-refractivity contribution in [3.8, 4) is 0 Å². The summed E-state index contributed by atoms with van der Waals surface area (Å²) in [5.74, 6) is -1.07. The molecule has 0 N–H and O–H groups in total. The Morgan fingerprint density at radius 2 is 0.560 bits per heavy atom. The maximum Gasteiger partial charge on any atom is 0.306 e. The van der Waals surface area contributed by atoms with E-state index in [1.165, 1.54) is 128 Å². The van der Waals surface area contributed by atoms with Crippen LogP contribution in [0.2, 0.25) is 0 Å². The van der Waals surface area contributed by atoms with Crippen molar-refractivity contribution in [3.63, 3.8) is 0 Å². The number of rotatable bonds is 54. The molecule has 0 aromatic rings. The molecule has 0 saturated heterocycles. The second-order valence-corrected chi connectivity index (χ2v) is 19.9. The van der Waals surface area contributed by atoms with Crippen LogP contribution in [0.3, 0.4) is 0 Å². The summed E-state index contributed by atoms with van der Waals surface area (Å²) in [4.78, 5) is 38.2. The van der Waals surface area contributed by atoms with E-state index in [-0.39, 0.29) is 44.0 Å². The molecule has 75 heavy (non-hydrogen) atoms. The molecule has 0 saturated carbocycles. The van der Waals surface area contributed by atoms with Gasteiger partial charge in [0.05, 0.1) is 0 Å². The maximum atomic E-state index is 12.9. The fourth-order valence-corrected chi connectivity index (χ4v) is 8.04. The van der Waals surface area contributed by atoms with Crippen molar-refractivity contribution in [2.24, 2.45) is 0 Å². The maximum absolute atomic E-state index is 12.9. The smallest absolute Gasteiger partial charge is 0.306 e. The second kappa shape index (κ2) is 62.1. The molecular weight excluding hydrogens is 925 g/mol. The van der Waals surface area contributed by atoms with Crippen LogP contribution in [0.25, 0.3) is 0 Å². The first-order valence-electron chi connectivity index (χ1n) is 30.7. The number of esters is 3. The first-order valence-corrected chi connectivity index (χ1v) is 30.7. The third-order valence-corrected chi connectivity index (χ3v) is 12.6. The minimum Gasteiger partial charge on any atom is -0.462 e. The molecule has 0 fully saturated rings. The summed E-state index contributed by atoms with van der Waals surface area (Å²) in [6, 6.07) is 0. The molecule has 0 heterocycles. The summed E-state index contributed by atoms with van der Waals surface area (Å²) in [6.07, 6.45) is 87.5. The lowest BCUT2D eigenvalue weighted by Crippen LogP contribution is -2.30. The van der Waals surface area contributed by atoms with E-state index in [4.69, 9.17) is 14.2 Å². The molecule has 0 bridgehead atoms. The fourth-order valence-electron chi connectivity index (χ4n) is 8.04. The molecule has 424 valence electrons. The lowest BCUT2D eigenvalue weighted by molar-refractivity contribution is -0.166. The standard InChI is InChI=1S/C69H112O6/c1-4-7-10-13-16-19-22-25-28-31-33-34-36-39-41-44-47-50-53-56-59-62-68(71)74-65-66(75-69(72)63-60-57-54-51-48-45-42-37-30-27-24-21-18-15-12-9-6-3)64-73-67(70)61-58-55-52-49-46-43-40-38-35-32-29-26-23-20-17-14-11-8-5-2/h8,11,17-18,20-21,25-30,35,38,42-43,45-46,51-52,54-55,66H,4-7,9-10,12-16,19,22-24,31-34,36-37,39-41,44,47-50,53,56-65H2,1-3H3/b11-8-,20-17-,21-18-,28-25-,29-26-,30-27-,38-35-,45-42-,46-43-,54-51-,55-52-/t66-/m1/s1. The summed E-state index contributed by atoms with van der Waals surface area (Å²) in [5.41, 5.74) is 0. The van der Waals surface area contributed by atoms with Crippen LogP contribution in [0.15, 0.2) is 134 Å². The van der Waals surface area contributed by atoms with E-state index in [1.54, 1.807) is 0 Å². The van der Waals surface area contributed by atoms with Gasteiger partial charge in [-0.1, -0.05) is 257 Å². The minimum atomic E-state index is -0.843. The SMILES string of the molecule is CC/C=C\C/C=C\C/C=C\C/C=C\C/C=C\C/C=C\CCC(=O)OC[C@H](COC(=O)CCCCCCCCCCCCC/C=C\CCCCCCCC)OC(=O)CCC/C=C\C/C=C\C/C=C\C/C=C\CCCCC. The van der Waals surface area contributed by atoms with Gasteiger partial charge in [-0.05, 0) is 122 Å². The quantitative estimate of drug-likeness (QED) is 0.0261. The Bertz CT molecular complexity index is 1620. The molecule has 6 heteroatoms. The fraction of sp³-hybridized carbons (Fsp3) is 0.638. The molecule has 0 aliphatic rings. The molecule has 1 atom stereocenters. The molecule has 0 spiro atoms. The molecule has 0 amide bonds. The largest absolute Gasteiger partial charge is 0.462 e. The molecule has 0 rings (SSSR count). The van der Waals surface area contributed by atoms with Gasteiger partial charge in [0, 0.05) is 19.3 Å². The zero-order chi connectivity index (χ0) is 54.3. The highest BCUT2D eigenvalue weighted by atomic mass is 16.6. The number of hydrogen-bond donors (Lipinski definition) is 0. The molecule has 0 aromatic heterocycles. The predicted octanol–water partition coefficient (Wildman–Crippen LogP) is 21.0. The van der Waals surface area contributed by atoms with Crippen LogP contribution in [0.5, 0.6) is 0 Å². The van der Waals surface area contributed by atoms with E-state index in [2.05, 4.69) is 142 Å². The van der Waals surface area contributed by atoms with Gasteiger partial charge >= 0.3 is 17.9 Å². The van der Waals surface area contributed by atoms with Crippen molar-refractivity contribution in [1.29, 1.82) is 0 Å². The van der Waals surface area contributed by atoms with Gasteiger partial charge in [-0.15, -0.1) is 0 Å². The number of carbonyl (C=O) groups is 3. The zero-order valence-electron chi connectivity index (χ0n) is 48.5. The van der Waals surface area contributed by atoms with Crippen LogP contribution in [-0.2, 0) is 28.6 Å². The highest BCUT2D eigenvalue weighted by molar-refractivity contribution is 5.71. The molecule has 0 aliphatic heterocycles. The normalized spacial score (nSPS) is 13.1. The Morgan fingerprint density at radius 3 is 0.973 bits per heavy atom. The van der Waals surface area contributed by atoms with Crippen LogP contribution in [0.4, 0.5) is 0 Å². The second-order valence-electron chi connectivity index (χ2n) is 19.9. The van der Waals surface area contributed by atoms with E-state index in [0.717, 1.165) is 83.5 Å². The third-order valence-electron chi connectivity index (χ3n) is 12.6. The van der Waals surface area contributed by atoms with Gasteiger partial charge in [0.2, 0.25) is 0 Å². The average molecular weight is 1040 g/mol. The van der Waals surface area contributed by atoms with Gasteiger partial charge in [0.1, 0.15) is 13.2 Å². The van der Waals surface area contributed by atoms with Gasteiger partial charge in [-0.2, -0.15) is 0 Å². The number of carbonyl (C=O) groups excluding carboxylic acids is 3. The molecule has 0 radical (unpaired) electrons. The zero-order valence-corrected chi connectivity index (χ0v) is 48.5. The summed E-state index contributed by atoms with van der Waals surface area (Å²) in [6.45, 7) is 6.39. The lowest BCUT2D eigenvalue weighted by atomic mass is 10.0. The summed E-state index contributed by atoms with van der Waals surface area (Å²) in [5, 5.41) is 0. The van der Waals surface area contributed by atoms with E-state index >= 15 is 0 Å². The Kier molecular flexibility index (Phi) is 58.4. The summed E-state index contributed by atoms with van der Waals surface area (Å²) in [7, 11) is 0. The van der Waals surface area contributed by atoms with Crippen LogP contribution in [-0.4, -0.2) is 37.2 Å². The monoisotopic (exact) mass is 1040 g/mol. The van der Waals surface area contributed by atoms with E-state index in [1.807, 2.05) is 12.2 Å². The molecule has 0 aromatic carbocycles. The predicted molar refractivity (Wildman–Crippen MR) is 325 cm³/mol. The van der Waals surface area contributed by atoms with Crippen molar-refractivity contribution >= 4 is 17.9 Å². The Hall–Kier alpha value is -4.45. The Balaban J connectivity index is 4.55. The highest BCUT2D eigenvalue weighted by Gasteiger charge is 2.19. The van der Waals surface area contributed by atoms with Crippen molar-refractivity contribution in [1.82, 2.24) is 0 Å². The van der Waals surface area contributed by atoms with Gasteiger partial charge in [-0.3, -0.25) is 14.4 Å². The number of ether oxygens (including phenoxy) is 3. The molecular formula is C69H112O6. The first-order chi connectivity index (χ1) is 37.0. The van der Waals surface area contributed by atoms with Gasteiger partial charge in [0.25, 0.3) is 0 Å². The third kappa shape index (κ3) is 60.3. The Labute approximate surface area is 462 Å². The van der Waals surface area contributed by atoms with Crippen molar-refractivity contribution in [3.05, 3.63) is 134 Å². The molecule has 6 nitrogen and oxygen atoms in total. The number of allylic oxidation sites excluding steroid dienone is 22. The van der Waals surface area contributed by atoms with E-state index < -0.39 is 6.10 Å². The van der Waals surface area contributed by atoms with Crippen LogP contribution in [0.1, 0.15) is 265 Å². The Morgan fingerprint density at radius 1 is 0.280 bits per heavy atom. The number of hydrogen-bond acceptors (Lipinski definition) is 6. The first kappa shape index (κ1) is 70.5. The van der Waals surface area contributed by atoms with Crippen LogP contribution < -0.4 is 0 Å². The summed E-state index contributed by atoms with van der Waals surface area (Å²) >= 11 is 0. The molecule has 0 aliphatic carbocycles. The van der Waals surface area contributed by atoms with Gasteiger partial charge in [0.15, 0.2) is 6.10 Å².